The number of rotatable bonds is 6. The first kappa shape index (κ1) is 15.3. The van der Waals surface area contributed by atoms with Crippen LogP contribution in [0.2, 0.25) is 0 Å². The number of benzene rings is 1. The van der Waals surface area contributed by atoms with Gasteiger partial charge in [-0.2, -0.15) is 0 Å². The first-order valence-corrected chi connectivity index (χ1v) is 7.71. The van der Waals surface area contributed by atoms with Gasteiger partial charge in [-0.05, 0) is 49.2 Å². The predicted molar refractivity (Wildman–Crippen MR) is 86.6 cm³/mol. The highest BCUT2D eigenvalue weighted by Crippen LogP contribution is 2.41. The molecule has 2 nitrogen and oxygen atoms in total. The molecule has 1 saturated carbocycles. The highest BCUT2D eigenvalue weighted by atomic mass is 14.7. The van der Waals surface area contributed by atoms with Gasteiger partial charge in [-0.1, -0.05) is 43.3 Å². The molecule has 1 aromatic rings. The summed E-state index contributed by atoms with van der Waals surface area (Å²) in [5.74, 6) is 2.05. The molecule has 2 unspecified atom stereocenters. The second kappa shape index (κ2) is 6.55. The van der Waals surface area contributed by atoms with Crippen molar-refractivity contribution in [3.8, 4) is 0 Å². The van der Waals surface area contributed by atoms with E-state index in [1.807, 2.05) is 0 Å². The van der Waals surface area contributed by atoms with E-state index in [0.717, 1.165) is 23.8 Å². The third kappa shape index (κ3) is 3.50. The van der Waals surface area contributed by atoms with Crippen molar-refractivity contribution in [1.82, 2.24) is 0 Å². The van der Waals surface area contributed by atoms with Crippen LogP contribution in [0.3, 0.4) is 0 Å². The Morgan fingerprint density at radius 1 is 1.30 bits per heavy atom. The fourth-order valence-corrected chi connectivity index (χ4v) is 3.34. The Kier molecular flexibility index (Phi) is 5.00. The maximum absolute atomic E-state index is 6.42. The average molecular weight is 272 g/mol. The van der Waals surface area contributed by atoms with Gasteiger partial charge in [0, 0.05) is 18.5 Å². The van der Waals surface area contributed by atoms with Gasteiger partial charge in [-0.15, -0.1) is 0 Å². The first-order chi connectivity index (χ1) is 9.51. The van der Waals surface area contributed by atoms with Crippen LogP contribution in [0.15, 0.2) is 36.4 Å². The Morgan fingerprint density at radius 3 is 2.40 bits per heavy atom. The van der Waals surface area contributed by atoms with Crippen molar-refractivity contribution in [2.75, 3.05) is 6.54 Å². The van der Waals surface area contributed by atoms with Crippen molar-refractivity contribution in [2.24, 2.45) is 23.3 Å². The van der Waals surface area contributed by atoms with Gasteiger partial charge in [0.2, 0.25) is 0 Å². The molecule has 2 rings (SSSR count). The van der Waals surface area contributed by atoms with Gasteiger partial charge in [-0.3, -0.25) is 0 Å². The van der Waals surface area contributed by atoms with Crippen molar-refractivity contribution in [2.45, 2.75) is 45.1 Å². The van der Waals surface area contributed by atoms with Crippen molar-refractivity contribution >= 4 is 0 Å². The Labute approximate surface area is 123 Å². The smallest absolute Gasteiger partial charge is 0.0333 e. The van der Waals surface area contributed by atoms with Crippen LogP contribution in [-0.2, 0) is 0 Å². The molecule has 0 aromatic heterocycles. The number of hydrogen-bond donors (Lipinski definition) is 2. The summed E-state index contributed by atoms with van der Waals surface area (Å²) in [6.07, 6.45) is 3.84. The van der Waals surface area contributed by atoms with E-state index >= 15 is 0 Å². The largest absolute Gasteiger partial charge is 0.327 e. The summed E-state index contributed by atoms with van der Waals surface area (Å²) in [6, 6.07) is 8.74. The van der Waals surface area contributed by atoms with Crippen LogP contribution in [0.25, 0.3) is 0 Å². The average Bonchev–Trinajstić information content (AvgIpc) is 2.42. The van der Waals surface area contributed by atoms with Gasteiger partial charge in [-0.25, -0.2) is 0 Å². The Hall–Kier alpha value is -1.12. The summed E-state index contributed by atoms with van der Waals surface area (Å²) in [7, 11) is 0. The molecular weight excluding hydrogens is 244 g/mol. The lowest BCUT2D eigenvalue weighted by Gasteiger charge is -2.37. The van der Waals surface area contributed by atoms with E-state index in [0.29, 0.717) is 12.5 Å². The third-order valence-corrected chi connectivity index (χ3v) is 4.73. The molecule has 0 aliphatic heterocycles. The van der Waals surface area contributed by atoms with Crippen LogP contribution >= 0.6 is 0 Å². The predicted octanol–water partition coefficient (Wildman–Crippen LogP) is 3.36. The van der Waals surface area contributed by atoms with E-state index in [2.05, 4.69) is 44.7 Å². The van der Waals surface area contributed by atoms with Crippen LogP contribution in [0, 0.1) is 18.8 Å². The van der Waals surface area contributed by atoms with Crippen molar-refractivity contribution in [3.05, 3.63) is 47.5 Å². The maximum Gasteiger partial charge on any atom is 0.0333 e. The zero-order valence-electron chi connectivity index (χ0n) is 12.8. The summed E-state index contributed by atoms with van der Waals surface area (Å²) >= 11 is 0. The molecule has 1 aliphatic rings. The van der Waals surface area contributed by atoms with Crippen molar-refractivity contribution in [3.63, 3.8) is 0 Å². The molecular formula is C18H28N2. The van der Waals surface area contributed by atoms with Gasteiger partial charge in [0.1, 0.15) is 0 Å². The Morgan fingerprint density at radius 2 is 1.90 bits per heavy atom. The molecule has 110 valence electrons. The normalized spacial score (nSPS) is 24.8. The molecule has 0 spiro atoms. The third-order valence-electron chi connectivity index (χ3n) is 4.73. The monoisotopic (exact) mass is 272 g/mol. The molecule has 0 saturated heterocycles. The van der Waals surface area contributed by atoms with E-state index in [-0.39, 0.29) is 6.04 Å². The number of nitrogens with two attached hydrogens (primary N) is 2. The summed E-state index contributed by atoms with van der Waals surface area (Å²) < 4.78 is 0. The lowest BCUT2D eigenvalue weighted by Crippen LogP contribution is -2.36. The second-order valence-corrected chi connectivity index (χ2v) is 6.58. The van der Waals surface area contributed by atoms with Crippen molar-refractivity contribution < 1.29 is 0 Å². The van der Waals surface area contributed by atoms with Crippen LogP contribution in [0.1, 0.15) is 43.2 Å². The SMILES string of the molecule is C=C(CN)C(N)C(CC1CC(C)C1)c1ccc(C)cc1. The fourth-order valence-electron chi connectivity index (χ4n) is 3.34. The summed E-state index contributed by atoms with van der Waals surface area (Å²) in [5.41, 5.74) is 15.7. The molecule has 1 aromatic carbocycles. The quantitative estimate of drug-likeness (QED) is 0.780. The fraction of sp³-hybridized carbons (Fsp3) is 0.556. The molecule has 0 bridgehead atoms. The van der Waals surface area contributed by atoms with E-state index in [9.17, 15) is 0 Å². The van der Waals surface area contributed by atoms with Gasteiger partial charge in [0.25, 0.3) is 0 Å². The zero-order valence-corrected chi connectivity index (χ0v) is 12.8. The summed E-state index contributed by atoms with van der Waals surface area (Å²) in [6.45, 7) is 8.98. The van der Waals surface area contributed by atoms with E-state index in [1.165, 1.54) is 24.0 Å². The zero-order chi connectivity index (χ0) is 14.7. The Balaban J connectivity index is 2.14. The van der Waals surface area contributed by atoms with Crippen molar-refractivity contribution in [1.29, 1.82) is 0 Å². The second-order valence-electron chi connectivity index (χ2n) is 6.58. The molecule has 20 heavy (non-hydrogen) atoms. The van der Waals surface area contributed by atoms with Crippen LogP contribution < -0.4 is 11.5 Å². The molecule has 2 heteroatoms. The lowest BCUT2D eigenvalue weighted by atomic mass is 9.69. The van der Waals surface area contributed by atoms with Crippen LogP contribution in [-0.4, -0.2) is 12.6 Å². The minimum Gasteiger partial charge on any atom is -0.327 e. The van der Waals surface area contributed by atoms with Gasteiger partial charge in [0.05, 0.1) is 0 Å². The molecule has 0 amide bonds. The minimum absolute atomic E-state index is 0.0291. The topological polar surface area (TPSA) is 52.0 Å². The standard InChI is InChI=1S/C18H28N2/c1-12-4-6-16(7-5-12)17(18(20)14(3)11-19)10-15-8-13(2)9-15/h4-7,13,15,17-18H,3,8-11,19-20H2,1-2H3. The van der Waals surface area contributed by atoms with E-state index in [4.69, 9.17) is 11.5 Å². The summed E-state index contributed by atoms with van der Waals surface area (Å²) in [4.78, 5) is 0. The van der Waals surface area contributed by atoms with Gasteiger partial charge < -0.3 is 11.5 Å². The molecule has 1 aliphatic carbocycles. The highest BCUT2D eigenvalue weighted by molar-refractivity contribution is 5.29. The van der Waals surface area contributed by atoms with E-state index < -0.39 is 0 Å². The van der Waals surface area contributed by atoms with Crippen LogP contribution in [0.5, 0.6) is 0 Å². The maximum atomic E-state index is 6.42. The lowest BCUT2D eigenvalue weighted by molar-refractivity contribution is 0.184. The molecule has 2 atom stereocenters. The first-order valence-electron chi connectivity index (χ1n) is 7.71. The molecule has 0 heterocycles. The number of aryl methyl sites for hydroxylation is 1. The van der Waals surface area contributed by atoms with Gasteiger partial charge in [0.15, 0.2) is 0 Å². The van der Waals surface area contributed by atoms with E-state index in [1.54, 1.807) is 0 Å². The summed E-state index contributed by atoms with van der Waals surface area (Å²) in [5, 5.41) is 0. The molecule has 4 N–H and O–H groups in total. The Bertz CT molecular complexity index is 443. The minimum atomic E-state index is -0.0291. The number of hydrogen-bond acceptors (Lipinski definition) is 2. The molecule has 0 radical (unpaired) electrons. The highest BCUT2D eigenvalue weighted by Gasteiger charge is 2.31. The molecule has 1 fully saturated rings. The van der Waals surface area contributed by atoms with Gasteiger partial charge >= 0.3 is 0 Å². The van der Waals surface area contributed by atoms with Crippen LogP contribution in [0.4, 0.5) is 0 Å².